The minimum Gasteiger partial charge on any atom is -0.384 e. The van der Waals surface area contributed by atoms with Crippen LogP contribution < -0.4 is 10.6 Å². The molecule has 0 saturated heterocycles. The van der Waals surface area contributed by atoms with Crippen LogP contribution in [-0.2, 0) is 16.8 Å². The number of nitrogens with one attached hydrogen (secondary N) is 2. The van der Waals surface area contributed by atoms with Gasteiger partial charge in [-0.05, 0) is 31.5 Å². The molecule has 30 heavy (non-hydrogen) atoms. The molecule has 0 aliphatic heterocycles. The summed E-state index contributed by atoms with van der Waals surface area (Å²) in [6.07, 6.45) is 2.45. The zero-order valence-electron chi connectivity index (χ0n) is 17.8. The van der Waals surface area contributed by atoms with Crippen LogP contribution in [0.5, 0.6) is 0 Å². The SMILES string of the molecule is CCNC(=NCC(=O)N(C)CCc1ccccn1)NCC(C)(O)c1ccccc1.I. The van der Waals surface area contributed by atoms with E-state index in [1.807, 2.05) is 55.5 Å². The fourth-order valence-corrected chi connectivity index (χ4v) is 2.72. The summed E-state index contributed by atoms with van der Waals surface area (Å²) in [6.45, 7) is 5.23. The Morgan fingerprint density at radius 1 is 1.17 bits per heavy atom. The summed E-state index contributed by atoms with van der Waals surface area (Å²) in [5.41, 5.74) is 0.712. The molecular weight excluding hydrogens is 493 g/mol. The smallest absolute Gasteiger partial charge is 0.244 e. The maximum absolute atomic E-state index is 12.4. The molecule has 1 unspecified atom stereocenters. The fourth-order valence-electron chi connectivity index (χ4n) is 2.72. The van der Waals surface area contributed by atoms with Crippen molar-refractivity contribution in [3.05, 3.63) is 66.0 Å². The molecule has 1 aromatic carbocycles. The number of aromatic nitrogens is 1. The Morgan fingerprint density at radius 2 is 1.87 bits per heavy atom. The number of aliphatic imine (C=N–C) groups is 1. The highest BCUT2D eigenvalue weighted by Gasteiger charge is 2.23. The Labute approximate surface area is 196 Å². The summed E-state index contributed by atoms with van der Waals surface area (Å²) in [7, 11) is 1.77. The summed E-state index contributed by atoms with van der Waals surface area (Å²) in [6, 6.07) is 15.2. The van der Waals surface area contributed by atoms with Gasteiger partial charge >= 0.3 is 0 Å². The van der Waals surface area contributed by atoms with Crippen molar-refractivity contribution < 1.29 is 9.90 Å². The van der Waals surface area contributed by atoms with Crippen molar-refractivity contribution in [2.45, 2.75) is 25.9 Å². The molecule has 1 atom stereocenters. The number of rotatable bonds is 9. The largest absolute Gasteiger partial charge is 0.384 e. The van der Waals surface area contributed by atoms with Gasteiger partial charge in [0.05, 0.1) is 6.54 Å². The number of hydrogen-bond acceptors (Lipinski definition) is 4. The van der Waals surface area contributed by atoms with Crippen LogP contribution in [0.1, 0.15) is 25.1 Å². The first-order chi connectivity index (χ1) is 13.9. The molecule has 7 nitrogen and oxygen atoms in total. The molecule has 0 saturated carbocycles. The zero-order valence-corrected chi connectivity index (χ0v) is 20.2. The molecule has 164 valence electrons. The fraction of sp³-hybridized carbons (Fsp3) is 0.409. The second kappa shape index (κ2) is 13.2. The lowest BCUT2D eigenvalue weighted by Crippen LogP contribution is -2.45. The van der Waals surface area contributed by atoms with E-state index in [4.69, 9.17) is 0 Å². The van der Waals surface area contributed by atoms with Crippen molar-refractivity contribution >= 4 is 35.8 Å². The summed E-state index contributed by atoms with van der Waals surface area (Å²) in [5.74, 6) is 0.420. The average molecular weight is 525 g/mol. The number of hydrogen-bond donors (Lipinski definition) is 3. The number of aliphatic hydroxyl groups is 1. The van der Waals surface area contributed by atoms with E-state index in [-0.39, 0.29) is 43.0 Å². The van der Waals surface area contributed by atoms with Gasteiger partial charge in [-0.15, -0.1) is 24.0 Å². The van der Waals surface area contributed by atoms with Crippen LogP contribution in [0.25, 0.3) is 0 Å². The van der Waals surface area contributed by atoms with E-state index >= 15 is 0 Å². The lowest BCUT2D eigenvalue weighted by Gasteiger charge is -2.25. The Hall–Kier alpha value is -2.20. The Bertz CT molecular complexity index is 785. The predicted octanol–water partition coefficient (Wildman–Crippen LogP) is 2.16. The van der Waals surface area contributed by atoms with Gasteiger partial charge in [-0.2, -0.15) is 0 Å². The molecule has 2 aromatic rings. The molecule has 0 fully saturated rings. The summed E-state index contributed by atoms with van der Waals surface area (Å²) in [4.78, 5) is 22.7. The van der Waals surface area contributed by atoms with Crippen molar-refractivity contribution in [2.75, 3.05) is 33.2 Å². The van der Waals surface area contributed by atoms with Gasteiger partial charge in [-0.1, -0.05) is 36.4 Å². The first-order valence-electron chi connectivity index (χ1n) is 9.86. The van der Waals surface area contributed by atoms with Crippen molar-refractivity contribution in [2.24, 2.45) is 4.99 Å². The quantitative estimate of drug-likeness (QED) is 0.265. The first-order valence-corrected chi connectivity index (χ1v) is 9.86. The first kappa shape index (κ1) is 25.8. The molecule has 1 amide bonds. The number of carbonyl (C=O) groups excluding carboxylic acids is 1. The Morgan fingerprint density at radius 3 is 2.50 bits per heavy atom. The highest BCUT2D eigenvalue weighted by molar-refractivity contribution is 14.0. The number of amides is 1. The molecule has 0 radical (unpaired) electrons. The van der Waals surface area contributed by atoms with Gasteiger partial charge in [-0.25, -0.2) is 4.99 Å². The zero-order chi connectivity index (χ0) is 21.1. The highest BCUT2D eigenvalue weighted by Crippen LogP contribution is 2.18. The molecular formula is C22H32IN5O2. The number of likely N-dealkylation sites (N-methyl/N-ethyl adjacent to an activating group) is 1. The van der Waals surface area contributed by atoms with Crippen LogP contribution in [0.3, 0.4) is 0 Å². The van der Waals surface area contributed by atoms with E-state index < -0.39 is 5.60 Å². The minimum absolute atomic E-state index is 0. The van der Waals surface area contributed by atoms with Gasteiger partial charge in [0.2, 0.25) is 5.91 Å². The molecule has 0 bridgehead atoms. The van der Waals surface area contributed by atoms with Gasteiger partial charge in [0, 0.05) is 38.4 Å². The second-order valence-electron chi connectivity index (χ2n) is 7.07. The average Bonchev–Trinajstić information content (AvgIpc) is 2.75. The molecule has 3 N–H and O–H groups in total. The van der Waals surface area contributed by atoms with Crippen LogP contribution in [0.15, 0.2) is 59.7 Å². The van der Waals surface area contributed by atoms with E-state index in [1.165, 1.54) is 0 Å². The van der Waals surface area contributed by atoms with Crippen LogP contribution >= 0.6 is 24.0 Å². The van der Waals surface area contributed by atoms with Crippen molar-refractivity contribution in [1.82, 2.24) is 20.5 Å². The van der Waals surface area contributed by atoms with Gasteiger partial charge in [0.1, 0.15) is 12.1 Å². The van der Waals surface area contributed by atoms with E-state index in [2.05, 4.69) is 20.6 Å². The number of carbonyl (C=O) groups is 1. The standard InChI is InChI=1S/C22H31N5O2.HI/c1-4-23-21(26-17-22(2,29)18-10-6-5-7-11-18)25-16-20(28)27(3)15-13-19-12-8-9-14-24-19;/h5-12,14,29H,4,13,15-17H2,1-3H3,(H2,23,25,26);1H. The number of pyridine rings is 1. The van der Waals surface area contributed by atoms with Crippen LogP contribution in [0, 0.1) is 0 Å². The van der Waals surface area contributed by atoms with E-state index in [0.29, 0.717) is 25.5 Å². The lowest BCUT2D eigenvalue weighted by atomic mass is 9.96. The molecule has 1 heterocycles. The monoisotopic (exact) mass is 525 g/mol. The Balaban J connectivity index is 0.00000450. The van der Waals surface area contributed by atoms with E-state index in [9.17, 15) is 9.90 Å². The van der Waals surface area contributed by atoms with Crippen LogP contribution in [0.4, 0.5) is 0 Å². The summed E-state index contributed by atoms with van der Waals surface area (Å²) in [5, 5.41) is 16.9. The van der Waals surface area contributed by atoms with Gasteiger partial charge < -0.3 is 20.6 Å². The molecule has 0 aliphatic carbocycles. The summed E-state index contributed by atoms with van der Waals surface area (Å²) >= 11 is 0. The maximum Gasteiger partial charge on any atom is 0.244 e. The lowest BCUT2D eigenvalue weighted by molar-refractivity contribution is -0.128. The van der Waals surface area contributed by atoms with Crippen molar-refractivity contribution in [3.8, 4) is 0 Å². The molecule has 0 aliphatic rings. The number of benzene rings is 1. The highest BCUT2D eigenvalue weighted by atomic mass is 127. The van der Waals surface area contributed by atoms with Crippen molar-refractivity contribution in [3.63, 3.8) is 0 Å². The van der Waals surface area contributed by atoms with Crippen LogP contribution in [0.2, 0.25) is 0 Å². The van der Waals surface area contributed by atoms with E-state index in [0.717, 1.165) is 11.3 Å². The third-order valence-electron chi connectivity index (χ3n) is 4.57. The maximum atomic E-state index is 12.4. The third kappa shape index (κ3) is 8.66. The number of guanidine groups is 1. The predicted molar refractivity (Wildman–Crippen MR) is 131 cm³/mol. The molecule has 2 rings (SSSR count). The third-order valence-corrected chi connectivity index (χ3v) is 4.57. The van der Waals surface area contributed by atoms with Gasteiger partial charge in [0.15, 0.2) is 5.96 Å². The molecule has 1 aromatic heterocycles. The summed E-state index contributed by atoms with van der Waals surface area (Å²) < 4.78 is 0. The van der Waals surface area contributed by atoms with Crippen molar-refractivity contribution in [1.29, 1.82) is 0 Å². The number of halogens is 1. The Kier molecular flexibility index (Phi) is 11.3. The molecule has 8 heteroatoms. The van der Waals surface area contributed by atoms with Crippen LogP contribution in [-0.4, -0.2) is 60.1 Å². The normalized spacial score (nSPS) is 13.0. The topological polar surface area (TPSA) is 89.9 Å². The van der Waals surface area contributed by atoms with Gasteiger partial charge in [0.25, 0.3) is 0 Å². The van der Waals surface area contributed by atoms with Gasteiger partial charge in [-0.3, -0.25) is 9.78 Å². The van der Waals surface area contributed by atoms with E-state index in [1.54, 1.807) is 25.1 Å². The number of nitrogens with zero attached hydrogens (tertiary/aromatic N) is 3. The molecule has 0 spiro atoms. The second-order valence-corrected chi connectivity index (χ2v) is 7.07. The minimum atomic E-state index is -1.05.